The van der Waals surface area contributed by atoms with Gasteiger partial charge >= 0.3 is 0 Å². The van der Waals surface area contributed by atoms with Gasteiger partial charge in [-0.2, -0.15) is 12.6 Å². The van der Waals surface area contributed by atoms with E-state index in [0.29, 0.717) is 5.13 Å². The molecule has 1 atom stereocenters. The van der Waals surface area contributed by atoms with Crippen LogP contribution in [0.5, 0.6) is 0 Å². The predicted molar refractivity (Wildman–Crippen MR) is 67.9 cm³/mol. The van der Waals surface area contributed by atoms with Gasteiger partial charge in [-0.1, -0.05) is 20.8 Å². The zero-order valence-corrected chi connectivity index (χ0v) is 11.1. The molecule has 15 heavy (non-hydrogen) atoms. The number of rotatable bonds is 2. The lowest BCUT2D eigenvalue weighted by Crippen LogP contribution is -2.20. The van der Waals surface area contributed by atoms with Crippen LogP contribution < -0.4 is 5.32 Å². The van der Waals surface area contributed by atoms with E-state index in [-0.39, 0.29) is 16.6 Å². The highest BCUT2D eigenvalue weighted by atomic mass is 32.1. The van der Waals surface area contributed by atoms with Crippen LogP contribution in [0.2, 0.25) is 0 Å². The van der Waals surface area contributed by atoms with E-state index in [9.17, 15) is 4.79 Å². The molecule has 1 aromatic heterocycles. The van der Waals surface area contributed by atoms with E-state index in [1.165, 1.54) is 11.3 Å². The fraction of sp³-hybridized carbons (Fsp3) is 0.600. The number of hydrogen-bond donors (Lipinski definition) is 2. The third kappa shape index (κ3) is 3.50. The molecule has 0 spiro atoms. The Kier molecular flexibility index (Phi) is 3.78. The number of thiazole rings is 1. The summed E-state index contributed by atoms with van der Waals surface area (Å²) < 4.78 is 0. The fourth-order valence-electron chi connectivity index (χ4n) is 0.885. The molecule has 1 heterocycles. The Balaban J connectivity index is 2.73. The van der Waals surface area contributed by atoms with Gasteiger partial charge in [-0.3, -0.25) is 4.79 Å². The first-order chi connectivity index (χ1) is 6.80. The maximum atomic E-state index is 11.4. The van der Waals surface area contributed by atoms with Crippen LogP contribution in [0.4, 0.5) is 5.13 Å². The summed E-state index contributed by atoms with van der Waals surface area (Å²) in [5.41, 5.74) is 1.01. The van der Waals surface area contributed by atoms with Gasteiger partial charge in [0.15, 0.2) is 5.13 Å². The Morgan fingerprint density at radius 2 is 2.20 bits per heavy atom. The number of hydrogen-bond acceptors (Lipinski definition) is 4. The zero-order chi connectivity index (χ0) is 11.6. The van der Waals surface area contributed by atoms with Crippen molar-refractivity contribution in [3.05, 3.63) is 11.1 Å². The molecule has 0 saturated heterocycles. The van der Waals surface area contributed by atoms with Crippen LogP contribution in [-0.2, 0) is 10.2 Å². The van der Waals surface area contributed by atoms with Crippen LogP contribution >= 0.6 is 24.0 Å². The molecule has 1 rings (SSSR count). The number of nitrogens with one attached hydrogen (secondary N) is 1. The van der Waals surface area contributed by atoms with E-state index in [4.69, 9.17) is 0 Å². The second-order valence-corrected chi connectivity index (χ2v) is 6.09. The van der Waals surface area contributed by atoms with Crippen LogP contribution in [0.15, 0.2) is 5.38 Å². The van der Waals surface area contributed by atoms with Crippen molar-refractivity contribution in [1.29, 1.82) is 0 Å². The molecule has 0 aliphatic carbocycles. The van der Waals surface area contributed by atoms with Crippen molar-refractivity contribution in [2.75, 3.05) is 5.32 Å². The lowest BCUT2D eigenvalue weighted by molar-refractivity contribution is -0.115. The van der Waals surface area contributed by atoms with Gasteiger partial charge in [-0.15, -0.1) is 11.3 Å². The number of thiol groups is 1. The topological polar surface area (TPSA) is 42.0 Å². The SMILES string of the molecule is CC(S)C(=O)Nc1nc(C(C)(C)C)cs1. The second-order valence-electron chi connectivity index (χ2n) is 4.45. The molecular weight excluding hydrogens is 228 g/mol. The minimum atomic E-state index is -0.313. The average molecular weight is 244 g/mol. The van der Waals surface area contributed by atoms with Crippen molar-refractivity contribution in [3.8, 4) is 0 Å². The monoisotopic (exact) mass is 244 g/mol. The van der Waals surface area contributed by atoms with Crippen molar-refractivity contribution >= 4 is 35.0 Å². The summed E-state index contributed by atoms with van der Waals surface area (Å²) in [6.45, 7) is 8.01. The number of aromatic nitrogens is 1. The van der Waals surface area contributed by atoms with Gasteiger partial charge in [-0.05, 0) is 6.92 Å². The van der Waals surface area contributed by atoms with Gasteiger partial charge in [0.1, 0.15) is 0 Å². The molecule has 0 saturated carbocycles. The third-order valence-corrected chi connectivity index (χ3v) is 2.87. The second kappa shape index (κ2) is 4.53. The zero-order valence-electron chi connectivity index (χ0n) is 9.37. The molecule has 3 nitrogen and oxygen atoms in total. The molecule has 1 amide bonds. The van der Waals surface area contributed by atoms with Gasteiger partial charge in [0, 0.05) is 10.8 Å². The standard InChI is InChI=1S/C10H16N2OS2/c1-6(14)8(13)12-9-11-7(5-15-9)10(2,3)4/h5-6,14H,1-4H3,(H,11,12,13). The van der Waals surface area contributed by atoms with Crippen molar-refractivity contribution in [2.24, 2.45) is 0 Å². The summed E-state index contributed by atoms with van der Waals surface area (Å²) in [5, 5.41) is 5.03. The van der Waals surface area contributed by atoms with E-state index >= 15 is 0 Å². The minimum absolute atomic E-state index is 0.0199. The van der Waals surface area contributed by atoms with Crippen molar-refractivity contribution in [2.45, 2.75) is 38.4 Å². The van der Waals surface area contributed by atoms with Crippen molar-refractivity contribution in [1.82, 2.24) is 4.98 Å². The summed E-state index contributed by atoms with van der Waals surface area (Å²) >= 11 is 5.50. The summed E-state index contributed by atoms with van der Waals surface area (Å²) in [6.07, 6.45) is 0. The lowest BCUT2D eigenvalue weighted by Gasteiger charge is -2.14. The molecule has 0 bridgehead atoms. The van der Waals surface area contributed by atoms with Crippen LogP contribution in [0.25, 0.3) is 0 Å². The molecule has 0 radical (unpaired) electrons. The number of carbonyl (C=O) groups is 1. The molecule has 1 aromatic rings. The number of anilines is 1. The lowest BCUT2D eigenvalue weighted by atomic mass is 9.93. The number of amides is 1. The summed E-state index contributed by atoms with van der Waals surface area (Å²) in [5.74, 6) is -0.117. The van der Waals surface area contributed by atoms with E-state index < -0.39 is 0 Å². The average Bonchev–Trinajstić information content (AvgIpc) is 2.51. The van der Waals surface area contributed by atoms with E-state index in [1.54, 1.807) is 6.92 Å². The first-order valence-electron chi connectivity index (χ1n) is 4.75. The van der Waals surface area contributed by atoms with Crippen LogP contribution in [0, 0.1) is 0 Å². The Morgan fingerprint density at radius 3 is 2.60 bits per heavy atom. The van der Waals surface area contributed by atoms with Gasteiger partial charge < -0.3 is 5.32 Å². The Hall–Kier alpha value is -0.550. The summed E-state index contributed by atoms with van der Waals surface area (Å²) in [7, 11) is 0. The van der Waals surface area contributed by atoms with Crippen LogP contribution in [-0.4, -0.2) is 16.1 Å². The molecule has 1 N–H and O–H groups in total. The highest BCUT2D eigenvalue weighted by Crippen LogP contribution is 2.26. The number of nitrogens with zero attached hydrogens (tertiary/aromatic N) is 1. The molecule has 1 unspecified atom stereocenters. The largest absolute Gasteiger partial charge is 0.301 e. The molecule has 0 aliphatic rings. The Labute approximate surface area is 99.7 Å². The highest BCUT2D eigenvalue weighted by Gasteiger charge is 2.18. The van der Waals surface area contributed by atoms with Gasteiger partial charge in [0.25, 0.3) is 0 Å². The predicted octanol–water partition coefficient (Wildman–Crippen LogP) is 2.70. The molecule has 0 fully saturated rings. The molecule has 0 aromatic carbocycles. The molecule has 0 aliphatic heterocycles. The smallest absolute Gasteiger partial charge is 0.238 e. The van der Waals surface area contributed by atoms with Crippen molar-refractivity contribution in [3.63, 3.8) is 0 Å². The molecule has 5 heteroatoms. The first kappa shape index (κ1) is 12.5. The first-order valence-corrected chi connectivity index (χ1v) is 6.15. The third-order valence-electron chi connectivity index (χ3n) is 1.88. The molecular formula is C10H16N2OS2. The quantitative estimate of drug-likeness (QED) is 0.785. The number of carbonyl (C=O) groups excluding carboxylic acids is 1. The fourth-order valence-corrected chi connectivity index (χ4v) is 1.89. The van der Waals surface area contributed by atoms with Gasteiger partial charge in [0.2, 0.25) is 5.91 Å². The van der Waals surface area contributed by atoms with Crippen LogP contribution in [0.1, 0.15) is 33.4 Å². The van der Waals surface area contributed by atoms with E-state index in [0.717, 1.165) is 5.69 Å². The van der Waals surface area contributed by atoms with Crippen LogP contribution in [0.3, 0.4) is 0 Å². The summed E-state index contributed by atoms with van der Waals surface area (Å²) in [6, 6.07) is 0. The Morgan fingerprint density at radius 1 is 1.60 bits per heavy atom. The highest BCUT2D eigenvalue weighted by molar-refractivity contribution is 7.81. The normalized spacial score (nSPS) is 13.7. The Bertz CT molecular complexity index is 353. The maximum absolute atomic E-state index is 11.4. The van der Waals surface area contributed by atoms with Crippen molar-refractivity contribution < 1.29 is 4.79 Å². The minimum Gasteiger partial charge on any atom is -0.301 e. The van der Waals surface area contributed by atoms with Gasteiger partial charge in [0.05, 0.1) is 10.9 Å². The summed E-state index contributed by atoms with van der Waals surface area (Å²) in [4.78, 5) is 15.7. The maximum Gasteiger partial charge on any atom is 0.238 e. The van der Waals surface area contributed by atoms with E-state index in [1.807, 2.05) is 5.38 Å². The van der Waals surface area contributed by atoms with E-state index in [2.05, 4.69) is 43.7 Å². The van der Waals surface area contributed by atoms with Gasteiger partial charge in [-0.25, -0.2) is 4.98 Å². The molecule has 84 valence electrons.